The van der Waals surface area contributed by atoms with Crippen LogP contribution < -0.4 is 27.6 Å². The third kappa shape index (κ3) is 7.56. The van der Waals surface area contributed by atoms with Gasteiger partial charge in [-0.3, -0.25) is 42.6 Å². The molecule has 270 valence electrons. The van der Waals surface area contributed by atoms with Crippen LogP contribution in [0.3, 0.4) is 0 Å². The molecule has 3 aliphatic rings. The molecule has 49 heavy (non-hydrogen) atoms. The van der Waals surface area contributed by atoms with Gasteiger partial charge in [-0.1, -0.05) is 0 Å². The van der Waals surface area contributed by atoms with Crippen molar-refractivity contribution in [3.05, 3.63) is 49.3 Å². The quantitative estimate of drug-likeness (QED) is 0.100. The molecular formula is C27H40N9O12P. The molecule has 3 saturated heterocycles. The zero-order chi connectivity index (χ0) is 34.9. The fourth-order valence-electron chi connectivity index (χ4n) is 6.04. The number of aromatic nitrogens is 6. The Labute approximate surface area is 277 Å². The molecule has 3 aromatic heterocycles. The van der Waals surface area contributed by atoms with Crippen molar-refractivity contribution in [1.29, 1.82) is 0 Å². The van der Waals surface area contributed by atoms with Gasteiger partial charge in [0, 0.05) is 51.5 Å². The van der Waals surface area contributed by atoms with Crippen LogP contribution in [0.1, 0.15) is 24.4 Å². The number of aliphatic hydroxyl groups excluding tert-OH is 2. The maximum Gasteiger partial charge on any atom is 0.406 e. The fraction of sp³-hybridized carbons (Fsp3) is 0.667. The first-order chi connectivity index (χ1) is 23.5. The monoisotopic (exact) mass is 713 g/mol. The number of aryl methyl sites for hydroxylation is 1. The lowest BCUT2D eigenvalue weighted by Gasteiger charge is -2.29. The minimum Gasteiger partial charge on any atom is -0.394 e. The predicted octanol–water partition coefficient (Wildman–Crippen LogP) is -2.45. The lowest BCUT2D eigenvalue weighted by Crippen LogP contribution is -2.40. The standard InChI is InChI=1S/C27H40N9O12P/c1-14-10-35(27(41)33-23(14)39)18-9-15(16(11-37)46-18)48-49(42,30-3-4-34-5-7-44-8-6-34)45-12-17-20(38)21(43-2)25(47-17)36-13-29-19-22(36)31-26(28)32-24(19)40/h10,13,15-18,20-21,25,37-38H,3-9,11-12H2,1-2H3,(H,30,42)(H,33,39,41)(H3,28,31,32,40)/t15?,16-,17-,18-,20?,21?,25-,49?/m1/s1. The van der Waals surface area contributed by atoms with Crippen molar-refractivity contribution >= 4 is 24.9 Å². The summed E-state index contributed by atoms with van der Waals surface area (Å²) >= 11 is 0. The molecule has 6 rings (SSSR count). The van der Waals surface area contributed by atoms with Crippen LogP contribution in [-0.4, -0.2) is 134 Å². The van der Waals surface area contributed by atoms with Gasteiger partial charge in [0.25, 0.3) is 11.1 Å². The summed E-state index contributed by atoms with van der Waals surface area (Å²) in [6.45, 7) is 3.71. The van der Waals surface area contributed by atoms with Crippen LogP contribution in [0.4, 0.5) is 5.95 Å². The minimum absolute atomic E-state index is 0.000906. The van der Waals surface area contributed by atoms with E-state index in [1.54, 1.807) is 0 Å². The smallest absolute Gasteiger partial charge is 0.394 e. The van der Waals surface area contributed by atoms with Gasteiger partial charge in [0.2, 0.25) is 5.95 Å². The molecule has 0 saturated carbocycles. The number of morpholine rings is 1. The number of rotatable bonds is 13. The molecule has 4 unspecified atom stereocenters. The van der Waals surface area contributed by atoms with E-state index in [0.717, 1.165) is 0 Å². The molecule has 0 amide bonds. The summed E-state index contributed by atoms with van der Waals surface area (Å²) in [5.41, 5.74) is 4.28. The second-order valence-electron chi connectivity index (χ2n) is 11.9. The topological polar surface area (TPSA) is 273 Å². The van der Waals surface area contributed by atoms with Crippen molar-refractivity contribution < 1.29 is 42.8 Å². The number of nitrogens with zero attached hydrogens (tertiary/aromatic N) is 5. The second kappa shape index (κ2) is 14.9. The highest BCUT2D eigenvalue weighted by molar-refractivity contribution is 7.51. The van der Waals surface area contributed by atoms with Gasteiger partial charge in [-0.15, -0.1) is 0 Å². The molecule has 6 heterocycles. The van der Waals surface area contributed by atoms with Crippen molar-refractivity contribution in [2.45, 2.75) is 56.3 Å². The number of hydrogen-bond acceptors (Lipinski definition) is 16. The van der Waals surface area contributed by atoms with Gasteiger partial charge in [-0.25, -0.2) is 19.4 Å². The second-order valence-corrected chi connectivity index (χ2v) is 13.6. The maximum atomic E-state index is 14.4. The van der Waals surface area contributed by atoms with Gasteiger partial charge in [0.15, 0.2) is 17.4 Å². The summed E-state index contributed by atoms with van der Waals surface area (Å²) in [5, 5.41) is 24.2. The number of nitrogens with one attached hydrogen (secondary N) is 3. The number of fused-ring (bicyclic) bond motifs is 1. The number of methoxy groups -OCH3 is 1. The summed E-state index contributed by atoms with van der Waals surface area (Å²) in [5.74, 6) is -0.146. The largest absolute Gasteiger partial charge is 0.406 e. The molecule has 0 aliphatic carbocycles. The number of anilines is 1. The summed E-state index contributed by atoms with van der Waals surface area (Å²) in [6, 6.07) is 0. The van der Waals surface area contributed by atoms with Gasteiger partial charge >= 0.3 is 13.4 Å². The highest BCUT2D eigenvalue weighted by atomic mass is 31.2. The molecule has 0 bridgehead atoms. The fourth-order valence-corrected chi connectivity index (χ4v) is 7.57. The normalized spacial score (nSPS) is 29.1. The number of aromatic amines is 2. The lowest BCUT2D eigenvalue weighted by atomic mass is 10.1. The molecule has 22 heteroatoms. The number of ether oxygens (including phenoxy) is 4. The van der Waals surface area contributed by atoms with E-state index < -0.39 is 80.7 Å². The van der Waals surface area contributed by atoms with E-state index in [-0.39, 0.29) is 35.6 Å². The van der Waals surface area contributed by atoms with Crippen molar-refractivity contribution in [2.24, 2.45) is 0 Å². The molecule has 3 aliphatic heterocycles. The van der Waals surface area contributed by atoms with Crippen molar-refractivity contribution in [2.75, 3.05) is 65.5 Å². The Morgan fingerprint density at radius 2 is 1.92 bits per heavy atom. The molecule has 0 spiro atoms. The first-order valence-electron chi connectivity index (χ1n) is 15.7. The molecule has 3 fully saturated rings. The first kappa shape index (κ1) is 35.5. The molecular weight excluding hydrogens is 673 g/mol. The molecule has 0 aromatic carbocycles. The van der Waals surface area contributed by atoms with Crippen molar-refractivity contribution in [3.63, 3.8) is 0 Å². The Kier molecular flexibility index (Phi) is 10.8. The zero-order valence-corrected chi connectivity index (χ0v) is 27.7. The molecule has 21 nitrogen and oxygen atoms in total. The third-order valence-corrected chi connectivity index (χ3v) is 10.3. The first-order valence-corrected chi connectivity index (χ1v) is 17.2. The lowest BCUT2D eigenvalue weighted by molar-refractivity contribution is -0.0600. The van der Waals surface area contributed by atoms with E-state index in [0.29, 0.717) is 32.8 Å². The Bertz CT molecular complexity index is 1840. The van der Waals surface area contributed by atoms with E-state index in [1.807, 2.05) is 0 Å². The number of nitrogen functional groups attached to an aromatic ring is 1. The highest BCUT2D eigenvalue weighted by Crippen LogP contribution is 2.49. The van der Waals surface area contributed by atoms with E-state index >= 15 is 0 Å². The van der Waals surface area contributed by atoms with Crippen LogP contribution in [-0.2, 0) is 32.6 Å². The summed E-state index contributed by atoms with van der Waals surface area (Å²) in [7, 11) is -2.88. The predicted molar refractivity (Wildman–Crippen MR) is 169 cm³/mol. The van der Waals surface area contributed by atoms with E-state index in [9.17, 15) is 29.2 Å². The minimum atomic E-state index is -4.24. The van der Waals surface area contributed by atoms with Crippen LogP contribution in [0, 0.1) is 6.92 Å². The zero-order valence-electron chi connectivity index (χ0n) is 26.8. The molecule has 3 aromatic rings. The average Bonchev–Trinajstić information content (AvgIpc) is 3.77. The van der Waals surface area contributed by atoms with Gasteiger partial charge < -0.3 is 34.9 Å². The van der Waals surface area contributed by atoms with E-state index in [4.69, 9.17) is 33.7 Å². The maximum absolute atomic E-state index is 14.4. The average molecular weight is 714 g/mol. The molecule has 0 radical (unpaired) electrons. The Hall–Kier alpha value is -3.34. The SMILES string of the molecule is COC1C(O)[C@@H](COP(=O)(NCCN2CCOCC2)OC2C[C@H](n3cc(C)c(=O)[nH]c3=O)O[C@@H]2CO)O[C@H]1n1cnc2c(=O)[nH]c(N)nc21. The Morgan fingerprint density at radius 3 is 2.65 bits per heavy atom. The van der Waals surface area contributed by atoms with Crippen LogP contribution >= 0.6 is 7.75 Å². The molecule has 8 atom stereocenters. The van der Waals surface area contributed by atoms with Gasteiger partial charge in [-0.05, 0) is 6.92 Å². The summed E-state index contributed by atoms with van der Waals surface area (Å²) in [4.78, 5) is 51.7. The number of aliphatic hydroxyl groups is 2. The summed E-state index contributed by atoms with van der Waals surface area (Å²) in [6.07, 6.45) is -4.75. The van der Waals surface area contributed by atoms with Crippen LogP contribution in [0.5, 0.6) is 0 Å². The molecule has 7 N–H and O–H groups in total. The number of hydrogen-bond donors (Lipinski definition) is 6. The van der Waals surface area contributed by atoms with Crippen LogP contribution in [0.2, 0.25) is 0 Å². The van der Waals surface area contributed by atoms with Crippen molar-refractivity contribution in [1.82, 2.24) is 39.1 Å². The third-order valence-electron chi connectivity index (χ3n) is 8.65. The number of nitrogens with two attached hydrogens (primary N) is 1. The Balaban J connectivity index is 1.20. The number of imidazole rings is 1. The van der Waals surface area contributed by atoms with Crippen LogP contribution in [0.15, 0.2) is 26.9 Å². The van der Waals surface area contributed by atoms with Gasteiger partial charge in [-0.2, -0.15) is 4.98 Å². The van der Waals surface area contributed by atoms with Gasteiger partial charge in [0.1, 0.15) is 36.7 Å². The van der Waals surface area contributed by atoms with Crippen LogP contribution in [0.25, 0.3) is 11.2 Å². The summed E-state index contributed by atoms with van der Waals surface area (Å²) < 4.78 is 51.7. The number of H-pyrrole nitrogens is 2. The van der Waals surface area contributed by atoms with E-state index in [2.05, 4.69) is 29.9 Å². The Morgan fingerprint density at radius 1 is 1.14 bits per heavy atom. The van der Waals surface area contributed by atoms with E-state index in [1.165, 1.54) is 35.7 Å². The van der Waals surface area contributed by atoms with Crippen molar-refractivity contribution in [3.8, 4) is 0 Å². The highest BCUT2D eigenvalue weighted by Gasteiger charge is 2.48. The van der Waals surface area contributed by atoms with Gasteiger partial charge in [0.05, 0.1) is 32.8 Å².